The minimum atomic E-state index is 0.644. The van der Waals surface area contributed by atoms with Gasteiger partial charge in [-0.3, -0.25) is 0 Å². The highest BCUT2D eigenvalue weighted by Crippen LogP contribution is 2.27. The second-order valence-corrected chi connectivity index (χ2v) is 3.36. The fourth-order valence-electron chi connectivity index (χ4n) is 1.28. The van der Waals surface area contributed by atoms with Crippen molar-refractivity contribution in [2.75, 3.05) is 13.7 Å². The van der Waals surface area contributed by atoms with Crippen LogP contribution >= 0.6 is 11.6 Å². The van der Waals surface area contributed by atoms with E-state index < -0.39 is 0 Å². The zero-order valence-corrected chi connectivity index (χ0v) is 8.69. The van der Waals surface area contributed by atoms with E-state index in [0.717, 1.165) is 17.7 Å². The van der Waals surface area contributed by atoms with Crippen molar-refractivity contribution in [3.8, 4) is 5.75 Å². The molecular formula is C10H14ClNO. The van der Waals surface area contributed by atoms with Gasteiger partial charge in [0.05, 0.1) is 12.1 Å². The zero-order valence-electron chi connectivity index (χ0n) is 7.93. The third kappa shape index (κ3) is 2.36. The van der Waals surface area contributed by atoms with Crippen LogP contribution in [-0.4, -0.2) is 13.7 Å². The first-order valence-electron chi connectivity index (χ1n) is 4.22. The third-order valence-electron chi connectivity index (χ3n) is 2.02. The van der Waals surface area contributed by atoms with Gasteiger partial charge in [-0.15, -0.1) is 0 Å². The van der Waals surface area contributed by atoms with Gasteiger partial charge >= 0.3 is 0 Å². The molecule has 0 heterocycles. The van der Waals surface area contributed by atoms with E-state index in [2.05, 4.69) is 0 Å². The maximum atomic E-state index is 5.95. The van der Waals surface area contributed by atoms with Gasteiger partial charge in [0.15, 0.2) is 0 Å². The molecule has 0 aliphatic heterocycles. The van der Waals surface area contributed by atoms with Gasteiger partial charge in [-0.1, -0.05) is 11.6 Å². The van der Waals surface area contributed by atoms with Gasteiger partial charge in [-0.2, -0.15) is 0 Å². The van der Waals surface area contributed by atoms with Crippen LogP contribution in [0.1, 0.15) is 11.1 Å². The average molecular weight is 200 g/mol. The van der Waals surface area contributed by atoms with E-state index in [-0.39, 0.29) is 0 Å². The molecule has 0 amide bonds. The lowest BCUT2D eigenvalue weighted by Gasteiger charge is -2.09. The summed E-state index contributed by atoms with van der Waals surface area (Å²) in [5.41, 5.74) is 7.85. The number of methoxy groups -OCH3 is 1. The summed E-state index contributed by atoms with van der Waals surface area (Å²) in [5.74, 6) is 0.718. The Morgan fingerprint density at radius 3 is 2.69 bits per heavy atom. The van der Waals surface area contributed by atoms with Crippen molar-refractivity contribution in [1.29, 1.82) is 0 Å². The van der Waals surface area contributed by atoms with Gasteiger partial charge in [-0.05, 0) is 43.1 Å². The van der Waals surface area contributed by atoms with Crippen molar-refractivity contribution in [1.82, 2.24) is 0 Å². The molecule has 72 valence electrons. The van der Waals surface area contributed by atoms with Gasteiger partial charge in [0.1, 0.15) is 5.75 Å². The molecule has 3 heteroatoms. The summed E-state index contributed by atoms with van der Waals surface area (Å²) in [6, 6.07) is 3.86. The lowest BCUT2D eigenvalue weighted by Crippen LogP contribution is -2.04. The van der Waals surface area contributed by atoms with Gasteiger partial charge < -0.3 is 10.5 Å². The van der Waals surface area contributed by atoms with Crippen molar-refractivity contribution in [2.45, 2.75) is 13.3 Å². The average Bonchev–Trinajstić information content (AvgIpc) is 2.10. The fraction of sp³-hybridized carbons (Fsp3) is 0.400. The Labute approximate surface area is 83.6 Å². The largest absolute Gasteiger partial charge is 0.495 e. The molecule has 0 fully saturated rings. The van der Waals surface area contributed by atoms with Crippen molar-refractivity contribution < 1.29 is 4.74 Å². The summed E-state index contributed by atoms with van der Waals surface area (Å²) in [7, 11) is 1.61. The van der Waals surface area contributed by atoms with Crippen LogP contribution in [0.2, 0.25) is 5.02 Å². The van der Waals surface area contributed by atoms with E-state index >= 15 is 0 Å². The van der Waals surface area contributed by atoms with Crippen molar-refractivity contribution in [2.24, 2.45) is 5.73 Å². The van der Waals surface area contributed by atoms with E-state index in [1.807, 2.05) is 19.1 Å². The number of hydrogen-bond donors (Lipinski definition) is 1. The molecule has 0 saturated heterocycles. The quantitative estimate of drug-likeness (QED) is 0.810. The van der Waals surface area contributed by atoms with Gasteiger partial charge in [0.2, 0.25) is 0 Å². The molecule has 2 N–H and O–H groups in total. The lowest BCUT2D eigenvalue weighted by molar-refractivity contribution is 0.414. The van der Waals surface area contributed by atoms with E-state index in [9.17, 15) is 0 Å². The number of hydrogen-bond acceptors (Lipinski definition) is 2. The van der Waals surface area contributed by atoms with E-state index in [0.29, 0.717) is 11.6 Å². The summed E-state index contributed by atoms with van der Waals surface area (Å²) in [6.07, 6.45) is 0.860. The highest BCUT2D eigenvalue weighted by molar-refractivity contribution is 6.32. The van der Waals surface area contributed by atoms with Crippen LogP contribution in [-0.2, 0) is 6.42 Å². The minimum absolute atomic E-state index is 0.644. The minimum Gasteiger partial charge on any atom is -0.495 e. The Morgan fingerprint density at radius 1 is 1.46 bits per heavy atom. The Kier molecular flexibility index (Phi) is 3.58. The van der Waals surface area contributed by atoms with Gasteiger partial charge in [-0.25, -0.2) is 0 Å². The molecule has 0 radical (unpaired) electrons. The first-order valence-corrected chi connectivity index (χ1v) is 4.60. The molecule has 0 aromatic heterocycles. The molecule has 0 bridgehead atoms. The van der Waals surface area contributed by atoms with E-state index in [1.165, 1.54) is 5.56 Å². The summed E-state index contributed by atoms with van der Waals surface area (Å²) < 4.78 is 5.11. The Bertz CT molecular complexity index is 299. The Hall–Kier alpha value is -0.730. The fourth-order valence-corrected chi connectivity index (χ4v) is 1.57. The molecule has 1 aromatic carbocycles. The molecule has 0 spiro atoms. The van der Waals surface area contributed by atoms with Crippen LogP contribution in [0.25, 0.3) is 0 Å². The SMILES string of the molecule is COc1cc(CCN)c(C)cc1Cl. The monoisotopic (exact) mass is 199 g/mol. The van der Waals surface area contributed by atoms with Gasteiger partial charge in [0.25, 0.3) is 0 Å². The molecule has 0 aliphatic rings. The maximum Gasteiger partial charge on any atom is 0.137 e. The van der Waals surface area contributed by atoms with Crippen molar-refractivity contribution >= 4 is 11.6 Å². The zero-order chi connectivity index (χ0) is 9.84. The number of ether oxygens (including phenoxy) is 1. The van der Waals surface area contributed by atoms with Crippen molar-refractivity contribution in [3.63, 3.8) is 0 Å². The van der Waals surface area contributed by atoms with Gasteiger partial charge in [0, 0.05) is 0 Å². The Balaban J connectivity index is 3.06. The van der Waals surface area contributed by atoms with Crippen LogP contribution < -0.4 is 10.5 Å². The lowest BCUT2D eigenvalue weighted by atomic mass is 10.1. The highest BCUT2D eigenvalue weighted by atomic mass is 35.5. The van der Waals surface area contributed by atoms with Crippen LogP contribution in [0.5, 0.6) is 5.75 Å². The second kappa shape index (κ2) is 4.49. The number of aryl methyl sites for hydroxylation is 1. The summed E-state index contributed by atoms with van der Waals surface area (Å²) >= 11 is 5.95. The normalized spacial score (nSPS) is 10.2. The second-order valence-electron chi connectivity index (χ2n) is 2.95. The number of nitrogens with two attached hydrogens (primary N) is 1. The molecule has 0 aliphatic carbocycles. The van der Waals surface area contributed by atoms with E-state index in [4.69, 9.17) is 22.1 Å². The predicted octanol–water partition coefficient (Wildman–Crippen LogP) is 2.16. The van der Waals surface area contributed by atoms with Crippen LogP contribution in [0, 0.1) is 6.92 Å². The Morgan fingerprint density at radius 2 is 2.15 bits per heavy atom. The van der Waals surface area contributed by atoms with E-state index in [1.54, 1.807) is 7.11 Å². The molecular weight excluding hydrogens is 186 g/mol. The molecule has 0 saturated carbocycles. The smallest absolute Gasteiger partial charge is 0.137 e. The maximum absolute atomic E-state index is 5.95. The number of halogens is 1. The predicted molar refractivity (Wildman–Crippen MR) is 55.5 cm³/mol. The third-order valence-corrected chi connectivity index (χ3v) is 2.32. The molecule has 0 atom stereocenters. The standard InChI is InChI=1S/C10H14ClNO/c1-7-5-9(11)10(13-2)6-8(7)3-4-12/h5-6H,3-4,12H2,1-2H3. The topological polar surface area (TPSA) is 35.2 Å². The molecule has 2 nitrogen and oxygen atoms in total. The summed E-state index contributed by atoms with van der Waals surface area (Å²) in [5, 5.41) is 0.653. The summed E-state index contributed by atoms with van der Waals surface area (Å²) in [6.45, 7) is 2.67. The molecule has 13 heavy (non-hydrogen) atoms. The van der Waals surface area contributed by atoms with Crippen LogP contribution in [0.15, 0.2) is 12.1 Å². The first-order chi connectivity index (χ1) is 6.19. The molecule has 0 unspecified atom stereocenters. The molecule has 1 rings (SSSR count). The van der Waals surface area contributed by atoms with Crippen LogP contribution in [0.3, 0.4) is 0 Å². The van der Waals surface area contributed by atoms with Crippen LogP contribution in [0.4, 0.5) is 0 Å². The number of benzene rings is 1. The highest BCUT2D eigenvalue weighted by Gasteiger charge is 2.05. The number of rotatable bonds is 3. The first kappa shape index (κ1) is 10.4. The summed E-state index contributed by atoms with van der Waals surface area (Å²) in [4.78, 5) is 0. The van der Waals surface area contributed by atoms with Crippen molar-refractivity contribution in [3.05, 3.63) is 28.3 Å². The molecule has 1 aromatic rings.